The van der Waals surface area contributed by atoms with E-state index in [1.807, 2.05) is 12.1 Å². The lowest BCUT2D eigenvalue weighted by Gasteiger charge is -2.27. The van der Waals surface area contributed by atoms with E-state index in [2.05, 4.69) is 25.5 Å². The van der Waals surface area contributed by atoms with Crippen molar-refractivity contribution in [2.45, 2.75) is 6.42 Å². The number of anilines is 1. The molecule has 2 aromatic heterocycles. The topological polar surface area (TPSA) is 84.7 Å². The van der Waals surface area contributed by atoms with Crippen LogP contribution in [-0.4, -0.2) is 58.6 Å². The van der Waals surface area contributed by atoms with E-state index in [4.69, 9.17) is 16.3 Å². The number of carbonyl (C=O) groups excluding carboxylic acids is 1. The first-order valence-corrected chi connectivity index (χ1v) is 9.16. The van der Waals surface area contributed by atoms with Crippen molar-refractivity contribution in [3.8, 4) is 0 Å². The molecule has 0 unspecified atom stereocenters. The maximum absolute atomic E-state index is 12.2. The molecule has 0 atom stereocenters. The van der Waals surface area contributed by atoms with Crippen LogP contribution in [0.4, 0.5) is 5.82 Å². The predicted octanol–water partition coefficient (Wildman–Crippen LogP) is 1.59. The van der Waals surface area contributed by atoms with Gasteiger partial charge in [0.15, 0.2) is 11.5 Å². The summed E-state index contributed by atoms with van der Waals surface area (Å²) >= 11 is 5.93. The lowest BCUT2D eigenvalue weighted by Crippen LogP contribution is -2.37. The van der Waals surface area contributed by atoms with E-state index in [-0.39, 0.29) is 5.91 Å². The van der Waals surface area contributed by atoms with Crippen LogP contribution in [0.3, 0.4) is 0 Å². The Hall–Kier alpha value is -2.71. The molecule has 1 saturated heterocycles. The maximum atomic E-state index is 12.2. The Kier molecular flexibility index (Phi) is 5.17. The number of benzene rings is 1. The molecule has 1 amide bonds. The van der Waals surface area contributed by atoms with Crippen LogP contribution in [0.1, 0.15) is 16.2 Å². The Morgan fingerprint density at radius 1 is 1.19 bits per heavy atom. The number of halogens is 1. The van der Waals surface area contributed by atoms with Gasteiger partial charge in [0, 0.05) is 36.6 Å². The number of hydrogen-bond acceptors (Lipinski definition) is 6. The van der Waals surface area contributed by atoms with Crippen LogP contribution in [-0.2, 0) is 11.2 Å². The fourth-order valence-corrected chi connectivity index (χ4v) is 3.15. The van der Waals surface area contributed by atoms with Crippen LogP contribution in [0.25, 0.3) is 5.65 Å². The van der Waals surface area contributed by atoms with Gasteiger partial charge in [0.1, 0.15) is 5.82 Å². The summed E-state index contributed by atoms with van der Waals surface area (Å²) in [5, 5.41) is 16.4. The lowest BCUT2D eigenvalue weighted by atomic mass is 10.2. The van der Waals surface area contributed by atoms with Gasteiger partial charge < -0.3 is 15.0 Å². The van der Waals surface area contributed by atoms with Crippen LogP contribution in [0.2, 0.25) is 5.02 Å². The molecule has 1 aliphatic heterocycles. The molecular formula is C18H19ClN6O2. The van der Waals surface area contributed by atoms with Gasteiger partial charge >= 0.3 is 0 Å². The lowest BCUT2D eigenvalue weighted by molar-refractivity contribution is 0.0954. The zero-order valence-electron chi connectivity index (χ0n) is 14.6. The summed E-state index contributed by atoms with van der Waals surface area (Å²) in [4.78, 5) is 14.4. The molecule has 0 saturated carbocycles. The van der Waals surface area contributed by atoms with E-state index in [1.165, 1.54) is 0 Å². The minimum atomic E-state index is -0.173. The molecule has 0 radical (unpaired) electrons. The van der Waals surface area contributed by atoms with E-state index >= 15 is 0 Å². The number of nitrogens with zero attached hydrogens (tertiary/aromatic N) is 5. The summed E-state index contributed by atoms with van der Waals surface area (Å²) < 4.78 is 7.12. The van der Waals surface area contributed by atoms with Gasteiger partial charge in [0.25, 0.3) is 5.91 Å². The second-order valence-electron chi connectivity index (χ2n) is 6.19. The number of rotatable bonds is 5. The standard InChI is InChI=1S/C18H19ClN6O2/c19-14-3-1-2-13(12-14)18(26)20-7-6-16-22-21-15-4-5-17(23-25(15)16)24-8-10-27-11-9-24/h1-5,12H,6-11H2,(H,20,26). The van der Waals surface area contributed by atoms with Crippen LogP contribution >= 0.6 is 11.6 Å². The summed E-state index contributed by atoms with van der Waals surface area (Å²) in [5.74, 6) is 1.40. The number of aromatic nitrogens is 4. The van der Waals surface area contributed by atoms with Crippen molar-refractivity contribution in [2.24, 2.45) is 0 Å². The Morgan fingerprint density at radius 3 is 2.85 bits per heavy atom. The number of amides is 1. The zero-order chi connectivity index (χ0) is 18.6. The van der Waals surface area contributed by atoms with Crippen LogP contribution < -0.4 is 10.2 Å². The van der Waals surface area contributed by atoms with Crippen molar-refractivity contribution >= 4 is 29.0 Å². The average molecular weight is 387 g/mol. The summed E-state index contributed by atoms with van der Waals surface area (Å²) in [5.41, 5.74) is 1.21. The largest absolute Gasteiger partial charge is 0.378 e. The summed E-state index contributed by atoms with van der Waals surface area (Å²) in [6.45, 7) is 3.45. The molecule has 1 aromatic carbocycles. The summed E-state index contributed by atoms with van der Waals surface area (Å²) in [6, 6.07) is 10.7. The van der Waals surface area contributed by atoms with Crippen molar-refractivity contribution in [2.75, 3.05) is 37.7 Å². The Labute approximate surface area is 161 Å². The third kappa shape index (κ3) is 4.01. The molecule has 8 nitrogen and oxygen atoms in total. The highest BCUT2D eigenvalue weighted by Gasteiger charge is 2.15. The first kappa shape index (κ1) is 17.7. The number of ether oxygens (including phenoxy) is 1. The second-order valence-corrected chi connectivity index (χ2v) is 6.63. The number of carbonyl (C=O) groups is 1. The van der Waals surface area contributed by atoms with Gasteiger partial charge in [-0.15, -0.1) is 15.3 Å². The minimum absolute atomic E-state index is 0.173. The van der Waals surface area contributed by atoms with E-state index in [0.717, 1.165) is 18.9 Å². The smallest absolute Gasteiger partial charge is 0.251 e. The fraction of sp³-hybridized carbons (Fsp3) is 0.333. The molecule has 3 aromatic rings. The minimum Gasteiger partial charge on any atom is -0.378 e. The Balaban J connectivity index is 1.43. The third-order valence-corrected chi connectivity index (χ3v) is 4.60. The SMILES string of the molecule is O=C(NCCc1nnc2ccc(N3CCOCC3)nn12)c1cccc(Cl)c1. The van der Waals surface area contributed by atoms with Gasteiger partial charge in [0.05, 0.1) is 13.2 Å². The molecule has 3 heterocycles. The van der Waals surface area contributed by atoms with E-state index in [9.17, 15) is 4.79 Å². The molecule has 0 bridgehead atoms. The van der Waals surface area contributed by atoms with Gasteiger partial charge in [-0.1, -0.05) is 17.7 Å². The van der Waals surface area contributed by atoms with Crippen molar-refractivity contribution < 1.29 is 9.53 Å². The fourth-order valence-electron chi connectivity index (χ4n) is 2.96. The van der Waals surface area contributed by atoms with Gasteiger partial charge in [0.2, 0.25) is 0 Å². The first-order chi connectivity index (χ1) is 13.2. The molecule has 27 heavy (non-hydrogen) atoms. The van der Waals surface area contributed by atoms with E-state index < -0.39 is 0 Å². The van der Waals surface area contributed by atoms with E-state index in [0.29, 0.717) is 48.2 Å². The number of hydrogen-bond donors (Lipinski definition) is 1. The van der Waals surface area contributed by atoms with Crippen LogP contribution in [0.5, 0.6) is 0 Å². The number of fused-ring (bicyclic) bond motifs is 1. The number of morpholine rings is 1. The van der Waals surface area contributed by atoms with Crippen molar-refractivity contribution in [1.82, 2.24) is 25.1 Å². The normalized spacial score (nSPS) is 14.5. The highest BCUT2D eigenvalue weighted by molar-refractivity contribution is 6.30. The number of nitrogens with one attached hydrogen (secondary N) is 1. The predicted molar refractivity (Wildman–Crippen MR) is 101 cm³/mol. The summed E-state index contributed by atoms with van der Waals surface area (Å²) in [7, 11) is 0. The van der Waals surface area contributed by atoms with Crippen molar-refractivity contribution in [3.63, 3.8) is 0 Å². The van der Waals surface area contributed by atoms with Crippen LogP contribution in [0, 0.1) is 0 Å². The molecule has 0 spiro atoms. The highest BCUT2D eigenvalue weighted by atomic mass is 35.5. The molecule has 0 aliphatic carbocycles. The Bertz CT molecular complexity index is 954. The van der Waals surface area contributed by atoms with E-state index in [1.54, 1.807) is 28.8 Å². The second kappa shape index (κ2) is 7.89. The van der Waals surface area contributed by atoms with Gasteiger partial charge in [-0.05, 0) is 30.3 Å². The van der Waals surface area contributed by atoms with Crippen molar-refractivity contribution in [1.29, 1.82) is 0 Å². The quantitative estimate of drug-likeness (QED) is 0.716. The zero-order valence-corrected chi connectivity index (χ0v) is 15.4. The molecule has 1 aliphatic rings. The third-order valence-electron chi connectivity index (χ3n) is 4.37. The van der Waals surface area contributed by atoms with Crippen molar-refractivity contribution in [3.05, 3.63) is 52.8 Å². The van der Waals surface area contributed by atoms with Gasteiger partial charge in [-0.3, -0.25) is 4.79 Å². The van der Waals surface area contributed by atoms with Gasteiger partial charge in [-0.2, -0.15) is 4.52 Å². The highest BCUT2D eigenvalue weighted by Crippen LogP contribution is 2.14. The maximum Gasteiger partial charge on any atom is 0.251 e. The Morgan fingerprint density at radius 2 is 2.04 bits per heavy atom. The monoisotopic (exact) mass is 386 g/mol. The molecule has 1 N–H and O–H groups in total. The average Bonchev–Trinajstić information content (AvgIpc) is 3.11. The summed E-state index contributed by atoms with van der Waals surface area (Å²) in [6.07, 6.45) is 0.521. The molecule has 4 rings (SSSR count). The molecule has 9 heteroatoms. The van der Waals surface area contributed by atoms with Gasteiger partial charge in [-0.25, -0.2) is 0 Å². The first-order valence-electron chi connectivity index (χ1n) is 8.78. The molecular weight excluding hydrogens is 368 g/mol. The molecule has 1 fully saturated rings. The molecule has 140 valence electrons. The van der Waals surface area contributed by atoms with Crippen LogP contribution in [0.15, 0.2) is 36.4 Å².